The van der Waals surface area contributed by atoms with Crippen molar-refractivity contribution in [3.63, 3.8) is 0 Å². The number of ether oxygens (including phenoxy) is 1. The average Bonchev–Trinajstić information content (AvgIpc) is 3.27. The van der Waals surface area contributed by atoms with Gasteiger partial charge in [-0.3, -0.25) is 19.2 Å². The summed E-state index contributed by atoms with van der Waals surface area (Å²) < 4.78 is 6.71. The van der Waals surface area contributed by atoms with E-state index in [4.69, 9.17) is 4.74 Å². The predicted molar refractivity (Wildman–Crippen MR) is 211 cm³/mol. The minimum Gasteiger partial charge on any atom is -0.496 e. The molecule has 0 unspecified atom stereocenters. The summed E-state index contributed by atoms with van der Waals surface area (Å²) in [6.45, 7) is 2.38. The van der Waals surface area contributed by atoms with Crippen LogP contribution in [0.2, 0.25) is 0 Å². The molecule has 2 atom stereocenters. The average molecular weight is 791 g/mol. The lowest BCUT2D eigenvalue weighted by molar-refractivity contribution is -0.128. The molecule has 0 aromatic heterocycles. The Hall–Kier alpha value is -4.45. The number of fused-ring (bicyclic) bond motifs is 2. The number of hydrogen-bond acceptors (Lipinski definition) is 6. The van der Waals surface area contributed by atoms with Gasteiger partial charge in [-0.25, -0.2) is 0 Å². The summed E-state index contributed by atoms with van der Waals surface area (Å²) in [7, 11) is 3.26. The molecule has 274 valence electrons. The maximum Gasteiger partial charge on any atom is 0.258 e. The molecule has 4 aromatic rings. The normalized spacial score (nSPS) is 16.7. The van der Waals surface area contributed by atoms with Crippen LogP contribution in [0.1, 0.15) is 65.3 Å². The van der Waals surface area contributed by atoms with E-state index in [1.165, 1.54) is 24.2 Å². The van der Waals surface area contributed by atoms with E-state index in [0.717, 1.165) is 33.7 Å². The van der Waals surface area contributed by atoms with E-state index in [2.05, 4.69) is 31.9 Å². The number of anilines is 2. The summed E-state index contributed by atoms with van der Waals surface area (Å²) in [6.07, 6.45) is 5.93. The van der Waals surface area contributed by atoms with Crippen molar-refractivity contribution >= 4 is 74.1 Å². The van der Waals surface area contributed by atoms with E-state index >= 15 is 0 Å². The lowest BCUT2D eigenvalue weighted by atomic mass is 9.89. The maximum atomic E-state index is 14.6. The zero-order valence-electron chi connectivity index (χ0n) is 29.6. The predicted octanol–water partition coefficient (Wildman–Crippen LogP) is 6.63. The Kier molecular flexibility index (Phi) is 13.0. The second kappa shape index (κ2) is 17.4. The number of methoxy groups -OCH3 is 1. The molecule has 4 aromatic carbocycles. The number of hydrogen-bond donors (Lipinski definition) is 3. The van der Waals surface area contributed by atoms with Crippen LogP contribution in [0.5, 0.6) is 5.75 Å². The molecular formula is C40H45BrClN5O5. The van der Waals surface area contributed by atoms with Gasteiger partial charge >= 0.3 is 0 Å². The minimum atomic E-state index is -1.07. The largest absolute Gasteiger partial charge is 0.496 e. The van der Waals surface area contributed by atoms with Crippen molar-refractivity contribution in [2.24, 2.45) is 5.92 Å². The number of likely N-dealkylation sites (N-methyl/N-ethyl adjacent to an activating group) is 1. The maximum absolute atomic E-state index is 14.6. The van der Waals surface area contributed by atoms with E-state index in [9.17, 15) is 19.2 Å². The Bertz CT molecular complexity index is 1930. The van der Waals surface area contributed by atoms with Crippen LogP contribution in [0.3, 0.4) is 0 Å². The molecule has 0 spiro atoms. The number of nitrogens with one attached hydrogen (secondary N) is 3. The van der Waals surface area contributed by atoms with Crippen molar-refractivity contribution in [2.75, 3.05) is 37.0 Å². The highest BCUT2D eigenvalue weighted by molar-refractivity contribution is 9.10. The molecule has 2 aliphatic rings. The smallest absolute Gasteiger partial charge is 0.258 e. The standard InChI is InChI=1S/C40H44BrN5O5.ClH/c1-25(42-2)37(47)44-33-24-46(39(49)28-15-13-27(14-16-28)38(48)43-22-26-9-5-4-6-10-26)35-12-8-7-11-34(35)45(40(33)50)23-32-31-19-18-30(41)21-29(31)17-20-36(32)51-3;/h7-8,11-21,25-26,33,42H,4-6,9-10,22-24H2,1-3H3,(H,43,48)(H,44,47);1H/t25-,33-;/m0./s1. The highest BCUT2D eigenvalue weighted by Crippen LogP contribution is 2.38. The lowest BCUT2D eigenvalue weighted by Crippen LogP contribution is -2.55. The molecule has 1 aliphatic carbocycles. The number of amides is 4. The van der Waals surface area contributed by atoms with Gasteiger partial charge in [0.05, 0.1) is 37.6 Å². The molecule has 1 fully saturated rings. The SMILES string of the molecule is CN[C@@H](C)C(=O)N[C@H]1CN(C(=O)c2ccc(C(=O)NCC3CCCCC3)cc2)c2ccccc2N(Cc2c(OC)ccc3cc(Br)ccc23)C1=O.Cl. The fraction of sp³-hybridized carbons (Fsp3) is 0.350. The summed E-state index contributed by atoms with van der Waals surface area (Å²) in [5.74, 6) is -0.152. The van der Waals surface area contributed by atoms with E-state index in [1.54, 1.807) is 56.3 Å². The highest BCUT2D eigenvalue weighted by atomic mass is 79.9. The van der Waals surface area contributed by atoms with Crippen LogP contribution in [0.15, 0.2) is 83.3 Å². The summed E-state index contributed by atoms with van der Waals surface area (Å²) in [5, 5.41) is 10.8. The number of nitrogens with zero attached hydrogens (tertiary/aromatic N) is 2. The second-order valence-corrected chi connectivity index (χ2v) is 14.2. The summed E-state index contributed by atoms with van der Waals surface area (Å²) >= 11 is 3.55. The molecule has 0 bridgehead atoms. The van der Waals surface area contributed by atoms with Crippen LogP contribution in [-0.2, 0) is 16.1 Å². The molecule has 0 saturated heterocycles. The molecular weight excluding hydrogens is 746 g/mol. The number of para-hydroxylation sites is 2. The van der Waals surface area contributed by atoms with Crippen LogP contribution in [0, 0.1) is 5.92 Å². The Morgan fingerprint density at radius 2 is 1.62 bits per heavy atom. The van der Waals surface area contributed by atoms with Crippen molar-refractivity contribution in [1.29, 1.82) is 0 Å². The van der Waals surface area contributed by atoms with E-state index < -0.39 is 12.1 Å². The fourth-order valence-electron chi connectivity index (χ4n) is 6.99. The number of rotatable bonds is 10. The van der Waals surface area contributed by atoms with Crippen LogP contribution in [0.25, 0.3) is 10.8 Å². The molecule has 0 radical (unpaired) electrons. The summed E-state index contributed by atoms with van der Waals surface area (Å²) in [4.78, 5) is 58.3. The zero-order chi connectivity index (χ0) is 36.1. The molecule has 4 amide bonds. The van der Waals surface area contributed by atoms with Crippen LogP contribution in [-0.4, -0.2) is 63.0 Å². The van der Waals surface area contributed by atoms with Gasteiger partial charge in [0.15, 0.2) is 0 Å². The number of halogens is 2. The van der Waals surface area contributed by atoms with Crippen molar-refractivity contribution in [2.45, 2.75) is 57.7 Å². The first-order valence-corrected chi connectivity index (χ1v) is 18.3. The summed E-state index contributed by atoms with van der Waals surface area (Å²) in [6, 6.07) is 22.0. The van der Waals surface area contributed by atoms with Crippen molar-refractivity contribution in [3.05, 3.63) is 100 Å². The van der Waals surface area contributed by atoms with Crippen LogP contribution >= 0.6 is 28.3 Å². The quantitative estimate of drug-likeness (QED) is 0.166. The Morgan fingerprint density at radius 1 is 0.923 bits per heavy atom. The minimum absolute atomic E-state index is 0. The fourth-order valence-corrected chi connectivity index (χ4v) is 7.36. The Balaban J connectivity index is 0.00000523. The molecule has 52 heavy (non-hydrogen) atoms. The van der Waals surface area contributed by atoms with Gasteiger partial charge in [-0.2, -0.15) is 0 Å². The van der Waals surface area contributed by atoms with Crippen molar-refractivity contribution in [3.8, 4) is 5.75 Å². The zero-order valence-corrected chi connectivity index (χ0v) is 32.0. The van der Waals surface area contributed by atoms with Crippen molar-refractivity contribution < 1.29 is 23.9 Å². The third-order valence-corrected chi connectivity index (χ3v) is 10.5. The summed E-state index contributed by atoms with van der Waals surface area (Å²) in [5.41, 5.74) is 2.65. The van der Waals surface area contributed by atoms with Crippen molar-refractivity contribution in [1.82, 2.24) is 16.0 Å². The highest BCUT2D eigenvalue weighted by Gasteiger charge is 2.38. The topological polar surface area (TPSA) is 120 Å². The molecule has 1 aliphatic heterocycles. The molecule has 6 rings (SSSR count). The molecule has 3 N–H and O–H groups in total. The van der Waals surface area contributed by atoms with Gasteiger partial charge in [-0.1, -0.05) is 59.5 Å². The van der Waals surface area contributed by atoms with Gasteiger partial charge in [-0.05, 0) is 98.1 Å². The lowest BCUT2D eigenvalue weighted by Gasteiger charge is -2.27. The van der Waals surface area contributed by atoms with Gasteiger partial charge in [-0.15, -0.1) is 12.4 Å². The van der Waals surface area contributed by atoms with Gasteiger partial charge in [0.25, 0.3) is 17.7 Å². The monoisotopic (exact) mass is 789 g/mol. The van der Waals surface area contributed by atoms with Gasteiger partial charge in [0.1, 0.15) is 11.8 Å². The van der Waals surface area contributed by atoms with Gasteiger partial charge in [0.2, 0.25) is 5.91 Å². The molecule has 12 heteroatoms. The first-order chi connectivity index (χ1) is 24.7. The van der Waals surface area contributed by atoms with Crippen LogP contribution < -0.4 is 30.5 Å². The molecule has 1 saturated carbocycles. The number of carbonyl (C=O) groups is 4. The molecule has 10 nitrogen and oxygen atoms in total. The van der Waals surface area contributed by atoms with E-state index in [0.29, 0.717) is 40.7 Å². The second-order valence-electron chi connectivity index (χ2n) is 13.3. The number of benzene rings is 4. The number of carbonyl (C=O) groups excluding carboxylic acids is 4. The van der Waals surface area contributed by atoms with Gasteiger partial charge < -0.3 is 30.5 Å². The van der Waals surface area contributed by atoms with E-state index in [-0.39, 0.29) is 49.1 Å². The first kappa shape index (κ1) is 38.8. The van der Waals surface area contributed by atoms with Crippen LogP contribution in [0.4, 0.5) is 11.4 Å². The first-order valence-electron chi connectivity index (χ1n) is 17.5. The van der Waals surface area contributed by atoms with Gasteiger partial charge in [0, 0.05) is 27.7 Å². The Morgan fingerprint density at radius 3 is 2.31 bits per heavy atom. The third kappa shape index (κ3) is 8.43. The molecule has 1 heterocycles. The van der Waals surface area contributed by atoms with E-state index in [1.807, 2.05) is 48.5 Å². The third-order valence-electron chi connectivity index (χ3n) is 10.0. The Labute approximate surface area is 319 Å².